The Hall–Kier alpha value is -1.95. The monoisotopic (exact) mass is 337 g/mol. The van der Waals surface area contributed by atoms with Gasteiger partial charge in [0.05, 0.1) is 26.9 Å². The molecular formula is C18H27NO5. The molecule has 0 aliphatic carbocycles. The highest BCUT2D eigenvalue weighted by Gasteiger charge is 2.35. The number of likely N-dealkylation sites (tertiary alicyclic amines) is 1. The van der Waals surface area contributed by atoms with E-state index in [4.69, 9.17) is 14.2 Å². The summed E-state index contributed by atoms with van der Waals surface area (Å²) in [6, 6.07) is 5.63. The Morgan fingerprint density at radius 3 is 2.50 bits per heavy atom. The van der Waals surface area contributed by atoms with Crippen molar-refractivity contribution in [2.75, 3.05) is 27.3 Å². The van der Waals surface area contributed by atoms with Gasteiger partial charge >= 0.3 is 6.09 Å². The van der Waals surface area contributed by atoms with Crippen LogP contribution in [0.25, 0.3) is 0 Å². The maximum Gasteiger partial charge on any atom is 0.410 e. The Bertz CT molecular complexity index is 581. The van der Waals surface area contributed by atoms with E-state index in [1.807, 2.05) is 39.0 Å². The third-order valence-electron chi connectivity index (χ3n) is 4.07. The van der Waals surface area contributed by atoms with E-state index in [1.165, 1.54) is 0 Å². The number of ether oxygens (including phenoxy) is 3. The zero-order valence-electron chi connectivity index (χ0n) is 15.0. The number of aliphatic hydroxyl groups is 1. The van der Waals surface area contributed by atoms with Crippen LogP contribution in [-0.4, -0.2) is 55.1 Å². The summed E-state index contributed by atoms with van der Waals surface area (Å²) >= 11 is 0. The number of nitrogens with zero attached hydrogens (tertiary/aromatic N) is 1. The summed E-state index contributed by atoms with van der Waals surface area (Å²) in [6.07, 6.45) is -0.450. The molecule has 1 fully saturated rings. The van der Waals surface area contributed by atoms with Gasteiger partial charge in [-0.1, -0.05) is 12.1 Å². The van der Waals surface area contributed by atoms with Gasteiger partial charge in [-0.25, -0.2) is 4.79 Å². The average Bonchev–Trinajstić information content (AvgIpc) is 2.52. The fourth-order valence-corrected chi connectivity index (χ4v) is 2.99. The van der Waals surface area contributed by atoms with Crippen LogP contribution >= 0.6 is 0 Å². The third-order valence-corrected chi connectivity index (χ3v) is 4.07. The number of amides is 1. The largest absolute Gasteiger partial charge is 0.493 e. The lowest BCUT2D eigenvalue weighted by molar-refractivity contribution is -0.00172. The molecule has 0 bridgehead atoms. The van der Waals surface area contributed by atoms with Crippen LogP contribution in [0.2, 0.25) is 0 Å². The normalized spacial score (nSPS) is 21.3. The number of rotatable bonds is 3. The molecule has 24 heavy (non-hydrogen) atoms. The summed E-state index contributed by atoms with van der Waals surface area (Å²) < 4.78 is 16.2. The van der Waals surface area contributed by atoms with Gasteiger partial charge in [0.25, 0.3) is 0 Å². The summed E-state index contributed by atoms with van der Waals surface area (Å²) in [6.45, 7) is 6.25. The molecule has 0 radical (unpaired) electrons. The van der Waals surface area contributed by atoms with Gasteiger partial charge in [0.1, 0.15) is 5.60 Å². The molecule has 134 valence electrons. The minimum atomic E-state index is -0.688. The number of carbonyl (C=O) groups excluding carboxylic acids is 1. The number of para-hydroxylation sites is 1. The summed E-state index contributed by atoms with van der Waals surface area (Å²) in [7, 11) is 3.17. The first-order valence-corrected chi connectivity index (χ1v) is 8.13. The lowest BCUT2D eigenvalue weighted by Gasteiger charge is -2.37. The quantitative estimate of drug-likeness (QED) is 0.918. The number of hydrogen-bond acceptors (Lipinski definition) is 5. The SMILES string of the molecule is COc1cccc(C2CCN(C(=O)OC(C)(C)C)CC2O)c1OC. The highest BCUT2D eigenvalue weighted by atomic mass is 16.6. The predicted molar refractivity (Wildman–Crippen MR) is 90.7 cm³/mol. The Morgan fingerprint density at radius 1 is 1.25 bits per heavy atom. The molecular weight excluding hydrogens is 310 g/mol. The predicted octanol–water partition coefficient (Wildman–Crippen LogP) is 2.79. The van der Waals surface area contributed by atoms with Crippen molar-refractivity contribution < 1.29 is 24.1 Å². The van der Waals surface area contributed by atoms with Crippen molar-refractivity contribution in [2.24, 2.45) is 0 Å². The molecule has 1 aliphatic rings. The van der Waals surface area contributed by atoms with Crippen molar-refractivity contribution in [3.8, 4) is 11.5 Å². The Morgan fingerprint density at radius 2 is 1.96 bits per heavy atom. The standard InChI is InChI=1S/C18H27NO5/c1-18(2,3)24-17(21)19-10-9-12(14(20)11-19)13-7-6-8-15(22-4)16(13)23-5/h6-8,12,14,20H,9-11H2,1-5H3. The molecule has 1 aromatic rings. The van der Waals surface area contributed by atoms with E-state index in [0.717, 1.165) is 5.56 Å². The van der Waals surface area contributed by atoms with Gasteiger partial charge in [0, 0.05) is 18.0 Å². The van der Waals surface area contributed by atoms with Gasteiger partial charge in [0.2, 0.25) is 0 Å². The number of hydrogen-bond donors (Lipinski definition) is 1. The summed E-state index contributed by atoms with van der Waals surface area (Å²) in [5.41, 5.74) is 0.350. The second-order valence-electron chi connectivity index (χ2n) is 6.97. The van der Waals surface area contributed by atoms with Gasteiger partial charge in [-0.2, -0.15) is 0 Å². The zero-order valence-corrected chi connectivity index (χ0v) is 15.0. The third kappa shape index (κ3) is 4.12. The maximum atomic E-state index is 12.2. The van der Waals surface area contributed by atoms with E-state index in [-0.39, 0.29) is 12.5 Å². The topological polar surface area (TPSA) is 68.2 Å². The molecule has 1 heterocycles. The van der Waals surface area contributed by atoms with Crippen LogP contribution in [0.3, 0.4) is 0 Å². The number of piperidine rings is 1. The highest BCUT2D eigenvalue weighted by molar-refractivity contribution is 5.68. The van der Waals surface area contributed by atoms with E-state index in [0.29, 0.717) is 24.5 Å². The van der Waals surface area contributed by atoms with Crippen LogP contribution in [0, 0.1) is 0 Å². The second-order valence-corrected chi connectivity index (χ2v) is 6.97. The van der Waals surface area contributed by atoms with Gasteiger partial charge in [-0.05, 0) is 33.3 Å². The molecule has 0 aromatic heterocycles. The van der Waals surface area contributed by atoms with E-state index in [2.05, 4.69) is 0 Å². The fourth-order valence-electron chi connectivity index (χ4n) is 2.99. The second kappa shape index (κ2) is 7.30. The molecule has 1 amide bonds. The summed E-state index contributed by atoms with van der Waals surface area (Å²) in [4.78, 5) is 13.7. The fraction of sp³-hybridized carbons (Fsp3) is 0.611. The lowest BCUT2D eigenvalue weighted by Crippen LogP contribution is -2.47. The Kier molecular flexibility index (Phi) is 5.59. The van der Waals surface area contributed by atoms with Gasteiger partial charge in [-0.3, -0.25) is 0 Å². The van der Waals surface area contributed by atoms with Crippen molar-refractivity contribution in [1.82, 2.24) is 4.90 Å². The van der Waals surface area contributed by atoms with Crippen molar-refractivity contribution in [3.63, 3.8) is 0 Å². The van der Waals surface area contributed by atoms with Crippen LogP contribution in [0.15, 0.2) is 18.2 Å². The Balaban J connectivity index is 2.13. The minimum Gasteiger partial charge on any atom is -0.493 e. The van der Waals surface area contributed by atoms with E-state index < -0.39 is 17.8 Å². The number of aliphatic hydroxyl groups excluding tert-OH is 1. The van der Waals surface area contributed by atoms with Gasteiger partial charge < -0.3 is 24.2 Å². The van der Waals surface area contributed by atoms with E-state index in [9.17, 15) is 9.90 Å². The van der Waals surface area contributed by atoms with Gasteiger partial charge in [0.15, 0.2) is 11.5 Å². The zero-order chi connectivity index (χ0) is 17.9. The molecule has 1 aromatic carbocycles. The molecule has 6 heteroatoms. The molecule has 6 nitrogen and oxygen atoms in total. The lowest BCUT2D eigenvalue weighted by atomic mass is 9.86. The number of benzene rings is 1. The number of β-amino-alcohol motifs (C(OH)–C–C–N with tert-alkyl or cyclic N) is 1. The molecule has 1 aliphatic heterocycles. The van der Waals surface area contributed by atoms with Crippen molar-refractivity contribution >= 4 is 6.09 Å². The van der Waals surface area contributed by atoms with E-state index >= 15 is 0 Å². The first kappa shape index (κ1) is 18.4. The van der Waals surface area contributed by atoms with Crippen molar-refractivity contribution in [3.05, 3.63) is 23.8 Å². The molecule has 1 N–H and O–H groups in total. The average molecular weight is 337 g/mol. The van der Waals surface area contributed by atoms with E-state index in [1.54, 1.807) is 19.1 Å². The highest BCUT2D eigenvalue weighted by Crippen LogP contribution is 2.39. The summed E-state index contributed by atoms with van der Waals surface area (Å²) in [5, 5.41) is 10.6. The number of carbonyl (C=O) groups is 1. The van der Waals surface area contributed by atoms with Crippen LogP contribution < -0.4 is 9.47 Å². The van der Waals surface area contributed by atoms with Gasteiger partial charge in [-0.15, -0.1) is 0 Å². The molecule has 2 unspecified atom stereocenters. The first-order chi connectivity index (χ1) is 11.3. The number of methoxy groups -OCH3 is 2. The maximum absolute atomic E-state index is 12.2. The molecule has 2 rings (SSSR count). The molecule has 2 atom stereocenters. The smallest absolute Gasteiger partial charge is 0.410 e. The minimum absolute atomic E-state index is 0.117. The molecule has 0 saturated carbocycles. The van der Waals surface area contributed by atoms with Crippen LogP contribution in [0.1, 0.15) is 38.7 Å². The summed E-state index contributed by atoms with van der Waals surface area (Å²) in [5.74, 6) is 1.15. The van der Waals surface area contributed by atoms with Crippen LogP contribution in [-0.2, 0) is 4.74 Å². The van der Waals surface area contributed by atoms with Crippen LogP contribution in [0.4, 0.5) is 4.79 Å². The first-order valence-electron chi connectivity index (χ1n) is 8.13. The van der Waals surface area contributed by atoms with Crippen molar-refractivity contribution in [2.45, 2.75) is 44.8 Å². The molecule has 0 spiro atoms. The Labute approximate surface area is 143 Å². The van der Waals surface area contributed by atoms with Crippen LogP contribution in [0.5, 0.6) is 11.5 Å². The molecule has 1 saturated heterocycles. The van der Waals surface area contributed by atoms with Crippen molar-refractivity contribution in [1.29, 1.82) is 0 Å².